The van der Waals surface area contributed by atoms with E-state index in [-0.39, 0.29) is 5.95 Å². The van der Waals surface area contributed by atoms with Gasteiger partial charge < -0.3 is 20.7 Å². The molecule has 0 aliphatic heterocycles. The van der Waals surface area contributed by atoms with Gasteiger partial charge in [-0.2, -0.15) is 0 Å². The Bertz CT molecular complexity index is 395. The molecule has 11 heavy (non-hydrogen) atoms. The van der Waals surface area contributed by atoms with Crippen molar-refractivity contribution in [3.8, 4) is 0 Å². The van der Waals surface area contributed by atoms with Crippen LogP contribution >= 0.6 is 22.6 Å². The van der Waals surface area contributed by atoms with E-state index in [1.165, 1.54) is 6.33 Å². The van der Waals surface area contributed by atoms with Gasteiger partial charge in [-0.1, -0.05) is 0 Å². The molecule has 0 saturated heterocycles. The zero-order valence-electron chi connectivity index (χ0n) is 5.32. The summed E-state index contributed by atoms with van der Waals surface area (Å²) in [5.41, 5.74) is 6.65. The number of nitrogens with two attached hydrogens (primary N) is 1. The molecule has 2 N–H and O–H groups in total. The van der Waals surface area contributed by atoms with Crippen LogP contribution in [0.2, 0.25) is 0 Å². The summed E-state index contributed by atoms with van der Waals surface area (Å²) in [4.78, 5) is 15.7. The van der Waals surface area contributed by atoms with Gasteiger partial charge in [-0.25, -0.2) is 4.98 Å². The average molecular weight is 260 g/mol. The molecule has 0 fully saturated rings. The number of anilines is 1. The van der Waals surface area contributed by atoms with Gasteiger partial charge in [-0.15, -0.1) is 0 Å². The average Bonchev–Trinajstić information content (AvgIpc) is 2.34. The topological polar surface area (TPSA) is 78.8 Å². The highest BCUT2D eigenvalue weighted by Gasteiger charge is 1.96. The molecule has 0 spiro atoms. The molecule has 0 radical (unpaired) electrons. The molecule has 6 heteroatoms. The molecule has 0 atom stereocenters. The van der Waals surface area contributed by atoms with Crippen LogP contribution in [0.4, 0.5) is 5.95 Å². The monoisotopic (exact) mass is 260 g/mol. The molecule has 0 unspecified atom stereocenters. The minimum absolute atomic E-state index is 0.238. The van der Waals surface area contributed by atoms with E-state index in [0.717, 1.165) is 3.70 Å². The Morgan fingerprint density at radius 2 is 2.27 bits per heavy atom. The number of rotatable bonds is 0. The Balaban J connectivity index is 2.91. The standard InChI is InChI=1S/C5H3IN5/c6-3-2-4(9-1-8-2)11-5(7)10-3/h1H,(H2-,7,8,9,10,11)/q-1. The number of imidazole rings is 1. The van der Waals surface area contributed by atoms with Crippen LogP contribution in [0.25, 0.3) is 11.2 Å². The van der Waals surface area contributed by atoms with Gasteiger partial charge in [0.15, 0.2) is 0 Å². The van der Waals surface area contributed by atoms with Crippen molar-refractivity contribution in [3.63, 3.8) is 0 Å². The normalized spacial score (nSPS) is 10.6. The van der Waals surface area contributed by atoms with Crippen molar-refractivity contribution in [2.75, 3.05) is 5.73 Å². The van der Waals surface area contributed by atoms with Crippen LogP contribution < -0.4 is 10.7 Å². The summed E-state index contributed by atoms with van der Waals surface area (Å²) in [6.07, 6.45) is 1.45. The van der Waals surface area contributed by atoms with Crippen molar-refractivity contribution >= 4 is 39.7 Å². The molecule has 0 bridgehead atoms. The molecule has 0 aliphatic carbocycles. The summed E-state index contributed by atoms with van der Waals surface area (Å²) < 4.78 is 0.739. The highest BCUT2D eigenvalue weighted by molar-refractivity contribution is 14.1. The highest BCUT2D eigenvalue weighted by atomic mass is 127. The largest absolute Gasteiger partial charge is 0.381 e. The lowest BCUT2D eigenvalue weighted by Crippen LogP contribution is -1.97. The van der Waals surface area contributed by atoms with Crippen LogP contribution in [0.5, 0.6) is 0 Å². The minimum atomic E-state index is 0.238. The summed E-state index contributed by atoms with van der Waals surface area (Å²) in [6, 6.07) is 0. The second kappa shape index (κ2) is 2.29. The van der Waals surface area contributed by atoms with Crippen molar-refractivity contribution < 1.29 is 0 Å². The first-order chi connectivity index (χ1) is 5.27. The van der Waals surface area contributed by atoms with Gasteiger partial charge >= 0.3 is 0 Å². The fraction of sp³-hybridized carbons (Fsp3) is 0. The van der Waals surface area contributed by atoms with Crippen LogP contribution in [0.1, 0.15) is 0 Å². The molecule has 2 heterocycles. The van der Waals surface area contributed by atoms with Gasteiger partial charge in [0.05, 0.1) is 0 Å². The minimum Gasteiger partial charge on any atom is -0.381 e. The third kappa shape index (κ3) is 1.02. The van der Waals surface area contributed by atoms with Gasteiger partial charge in [-0.05, 0) is 28.9 Å². The molecule has 2 aromatic rings. The van der Waals surface area contributed by atoms with Crippen molar-refractivity contribution in [2.45, 2.75) is 0 Å². The number of nitrogen functional groups attached to an aromatic ring is 1. The van der Waals surface area contributed by atoms with Gasteiger partial charge in [0.25, 0.3) is 0 Å². The van der Waals surface area contributed by atoms with E-state index in [0.29, 0.717) is 11.2 Å². The number of halogens is 1. The Morgan fingerprint density at radius 3 is 3.09 bits per heavy atom. The molecular weight excluding hydrogens is 257 g/mol. The number of aromatic nitrogens is 4. The van der Waals surface area contributed by atoms with Crippen molar-refractivity contribution in [1.82, 2.24) is 19.9 Å². The van der Waals surface area contributed by atoms with E-state index in [9.17, 15) is 0 Å². The molecule has 2 rings (SSSR count). The molecule has 0 saturated carbocycles. The van der Waals surface area contributed by atoms with Gasteiger partial charge in [-0.3, -0.25) is 0 Å². The third-order valence-corrected chi connectivity index (χ3v) is 1.96. The lowest BCUT2D eigenvalue weighted by atomic mass is 10.6. The maximum absolute atomic E-state index is 5.39. The fourth-order valence-corrected chi connectivity index (χ4v) is 1.40. The van der Waals surface area contributed by atoms with Gasteiger partial charge in [0.2, 0.25) is 0 Å². The third-order valence-electron chi connectivity index (χ3n) is 1.21. The molecule has 5 nitrogen and oxygen atoms in total. The van der Waals surface area contributed by atoms with Crippen LogP contribution in [0, 0.1) is 3.70 Å². The number of hydrogen-bond donors (Lipinski definition) is 1. The van der Waals surface area contributed by atoms with E-state index < -0.39 is 0 Å². The van der Waals surface area contributed by atoms with Gasteiger partial charge in [0, 0.05) is 11.2 Å². The van der Waals surface area contributed by atoms with E-state index >= 15 is 0 Å². The Labute approximate surface area is 75.6 Å². The quantitative estimate of drug-likeness (QED) is 0.539. The summed E-state index contributed by atoms with van der Waals surface area (Å²) in [5, 5.41) is 0. The lowest BCUT2D eigenvalue weighted by Gasteiger charge is -2.00. The Hall–Kier alpha value is -0.920. The van der Waals surface area contributed by atoms with E-state index in [4.69, 9.17) is 5.73 Å². The summed E-state index contributed by atoms with van der Waals surface area (Å²) in [6.45, 7) is 0. The first-order valence-corrected chi connectivity index (χ1v) is 3.91. The highest BCUT2D eigenvalue weighted by Crippen LogP contribution is 2.12. The van der Waals surface area contributed by atoms with Crippen LogP contribution in [0.15, 0.2) is 6.33 Å². The number of nitrogens with zero attached hydrogens (tertiary/aromatic N) is 4. The Kier molecular flexibility index (Phi) is 1.41. The molecule has 56 valence electrons. The molecule has 2 aromatic heterocycles. The number of hydrogen-bond acceptors (Lipinski definition) is 4. The summed E-state index contributed by atoms with van der Waals surface area (Å²) >= 11 is 2.05. The second-order valence-corrected chi connectivity index (χ2v) is 2.94. The zero-order valence-corrected chi connectivity index (χ0v) is 7.48. The summed E-state index contributed by atoms with van der Waals surface area (Å²) in [7, 11) is 0. The van der Waals surface area contributed by atoms with Crippen LogP contribution in [-0.2, 0) is 0 Å². The molecule has 0 aromatic carbocycles. The maximum Gasteiger partial charge on any atom is 0.149 e. The zero-order chi connectivity index (χ0) is 7.84. The smallest absolute Gasteiger partial charge is 0.149 e. The molecule has 0 amide bonds. The Morgan fingerprint density at radius 1 is 1.45 bits per heavy atom. The van der Waals surface area contributed by atoms with Crippen LogP contribution in [0.3, 0.4) is 0 Å². The summed E-state index contributed by atoms with van der Waals surface area (Å²) in [5.74, 6) is 0.238. The van der Waals surface area contributed by atoms with E-state index in [2.05, 4.69) is 19.9 Å². The molecule has 0 aliphatic rings. The lowest BCUT2D eigenvalue weighted by molar-refractivity contribution is 1.18. The van der Waals surface area contributed by atoms with E-state index in [1.54, 1.807) is 0 Å². The van der Waals surface area contributed by atoms with Crippen LogP contribution in [-0.4, -0.2) is 15.0 Å². The van der Waals surface area contributed by atoms with Crippen molar-refractivity contribution in [2.24, 2.45) is 0 Å². The SMILES string of the molecule is Nc1nc(I)c2nc[n-]c2n1. The molecular formula is C5H3IN5-. The van der Waals surface area contributed by atoms with Gasteiger partial charge in [0.1, 0.15) is 9.65 Å². The maximum atomic E-state index is 5.39. The first kappa shape index (κ1) is 6.77. The van der Waals surface area contributed by atoms with Crippen molar-refractivity contribution in [3.05, 3.63) is 10.0 Å². The van der Waals surface area contributed by atoms with E-state index in [1.807, 2.05) is 22.6 Å². The fourth-order valence-electron chi connectivity index (χ4n) is 0.775. The van der Waals surface area contributed by atoms with Crippen molar-refractivity contribution in [1.29, 1.82) is 0 Å². The second-order valence-electron chi connectivity index (χ2n) is 1.92. The predicted octanol–water partition coefficient (Wildman–Crippen LogP) is 0.169. The first-order valence-electron chi connectivity index (χ1n) is 2.84. The number of fused-ring (bicyclic) bond motifs is 1. The predicted molar refractivity (Wildman–Crippen MR) is 47.8 cm³/mol.